The number of H-pyrrole nitrogens is 1. The van der Waals surface area contributed by atoms with Gasteiger partial charge in [-0.05, 0) is 74.1 Å². The number of aryl methyl sites for hydroxylation is 2. The summed E-state index contributed by atoms with van der Waals surface area (Å²) in [5.74, 6) is 1.63. The third-order valence-corrected chi connectivity index (χ3v) is 10.2. The van der Waals surface area contributed by atoms with E-state index in [-0.39, 0.29) is 5.91 Å². The smallest absolute Gasteiger partial charge is 0.236 e. The highest BCUT2D eigenvalue weighted by Crippen LogP contribution is 2.48. The molecule has 4 aromatic rings. The minimum Gasteiger partial charge on any atom is -0.348 e. The van der Waals surface area contributed by atoms with Gasteiger partial charge in [0.1, 0.15) is 11.2 Å². The van der Waals surface area contributed by atoms with E-state index < -0.39 is 0 Å². The predicted octanol–water partition coefficient (Wildman–Crippen LogP) is 6.28. The Morgan fingerprint density at radius 3 is 2.61 bits per heavy atom. The molecule has 4 aromatic heterocycles. The second kappa shape index (κ2) is 10.1. The van der Waals surface area contributed by atoms with Gasteiger partial charge in [0, 0.05) is 48.7 Å². The van der Waals surface area contributed by atoms with Gasteiger partial charge in [-0.3, -0.25) is 9.69 Å². The molecule has 7 nitrogen and oxygen atoms in total. The van der Waals surface area contributed by atoms with Gasteiger partial charge in [-0.25, -0.2) is 9.50 Å². The van der Waals surface area contributed by atoms with Crippen LogP contribution in [0.3, 0.4) is 0 Å². The second-order valence-corrected chi connectivity index (χ2v) is 12.8. The lowest BCUT2D eigenvalue weighted by atomic mass is 9.78. The van der Waals surface area contributed by atoms with Crippen molar-refractivity contribution in [2.45, 2.75) is 79.2 Å². The standard InChI is InChI=1S/C30H42N6OS/c1-10-21-12-35(14-24(37)34(8)9)17(4)11-22(21)28-20(7)26-25(16(2)3)27(33-30(26)38-28)23-13-36-29(31-15-32-36)19(6)18(23)5/h13,15-17,21-22,33H,10-12,14H2,1-9H3/t17-,21-,22+/m0/s1. The summed E-state index contributed by atoms with van der Waals surface area (Å²) < 4.78 is 1.90. The number of hydrogen-bond donors (Lipinski definition) is 1. The molecule has 1 fully saturated rings. The van der Waals surface area contributed by atoms with Crippen molar-refractivity contribution < 1.29 is 4.79 Å². The zero-order valence-electron chi connectivity index (χ0n) is 24.3. The number of likely N-dealkylation sites (tertiary alicyclic amines) is 1. The first kappa shape index (κ1) is 26.9. The van der Waals surface area contributed by atoms with Crippen molar-refractivity contribution in [2.75, 3.05) is 27.2 Å². The summed E-state index contributed by atoms with van der Waals surface area (Å²) in [7, 11) is 3.70. The highest BCUT2D eigenvalue weighted by atomic mass is 32.1. The van der Waals surface area contributed by atoms with Gasteiger partial charge in [0.25, 0.3) is 0 Å². The van der Waals surface area contributed by atoms with Crippen LogP contribution in [0.2, 0.25) is 0 Å². The first-order valence-electron chi connectivity index (χ1n) is 13.9. The SMILES string of the molecule is CC[C@H]1CN(CC(=O)N(C)C)[C@@H](C)C[C@H]1c1sc2[nH]c(-c3cn4ncnc4c(C)c3C)c(C(C)C)c2c1C. The van der Waals surface area contributed by atoms with Crippen molar-refractivity contribution in [3.63, 3.8) is 0 Å². The fourth-order valence-corrected chi connectivity index (χ4v) is 7.87. The third kappa shape index (κ3) is 4.35. The lowest BCUT2D eigenvalue weighted by Gasteiger charge is -2.42. The Kier molecular flexibility index (Phi) is 7.16. The zero-order valence-corrected chi connectivity index (χ0v) is 25.2. The van der Waals surface area contributed by atoms with Crippen molar-refractivity contribution in [1.82, 2.24) is 29.4 Å². The molecule has 5 heterocycles. The summed E-state index contributed by atoms with van der Waals surface area (Å²) in [6.07, 6.45) is 5.97. The maximum absolute atomic E-state index is 12.5. The maximum atomic E-state index is 12.5. The highest BCUT2D eigenvalue weighted by molar-refractivity contribution is 7.19. The second-order valence-electron chi connectivity index (χ2n) is 11.8. The Labute approximate surface area is 230 Å². The van der Waals surface area contributed by atoms with E-state index in [4.69, 9.17) is 0 Å². The van der Waals surface area contributed by atoms with E-state index in [0.717, 1.165) is 25.0 Å². The molecule has 1 aliphatic rings. The van der Waals surface area contributed by atoms with Crippen LogP contribution >= 0.6 is 11.3 Å². The lowest BCUT2D eigenvalue weighted by Crippen LogP contribution is -2.48. The zero-order chi connectivity index (χ0) is 27.5. The topological polar surface area (TPSA) is 69.5 Å². The molecule has 8 heteroatoms. The Bertz CT molecular complexity index is 1490. The molecule has 3 atom stereocenters. The van der Waals surface area contributed by atoms with Gasteiger partial charge in [0.05, 0.1) is 12.2 Å². The molecule has 38 heavy (non-hydrogen) atoms. The number of rotatable bonds is 6. The molecule has 0 spiro atoms. The monoisotopic (exact) mass is 534 g/mol. The van der Waals surface area contributed by atoms with E-state index in [0.29, 0.717) is 30.3 Å². The fraction of sp³-hybridized carbons (Fsp3) is 0.567. The largest absolute Gasteiger partial charge is 0.348 e. The summed E-state index contributed by atoms with van der Waals surface area (Å²) >= 11 is 1.95. The van der Waals surface area contributed by atoms with Gasteiger partial charge in [0.15, 0.2) is 5.65 Å². The van der Waals surface area contributed by atoms with Crippen LogP contribution in [0, 0.1) is 26.7 Å². The van der Waals surface area contributed by atoms with Gasteiger partial charge in [-0.2, -0.15) is 5.10 Å². The molecule has 1 aliphatic heterocycles. The number of thiophene rings is 1. The fourth-order valence-electron chi connectivity index (χ4n) is 6.43. The number of fused-ring (bicyclic) bond motifs is 2. The number of carbonyl (C=O) groups excluding carboxylic acids is 1. The molecule has 1 N–H and O–H groups in total. The van der Waals surface area contributed by atoms with Gasteiger partial charge < -0.3 is 9.88 Å². The molecule has 1 saturated heterocycles. The number of aromatic nitrogens is 4. The normalized spacial score (nSPS) is 20.7. The molecule has 204 valence electrons. The highest BCUT2D eigenvalue weighted by Gasteiger charge is 2.37. The lowest BCUT2D eigenvalue weighted by molar-refractivity contribution is -0.131. The molecule has 0 saturated carbocycles. The van der Waals surface area contributed by atoms with Crippen LogP contribution in [-0.2, 0) is 4.79 Å². The number of pyridine rings is 1. The van der Waals surface area contributed by atoms with Gasteiger partial charge >= 0.3 is 0 Å². The molecule has 1 amide bonds. The maximum Gasteiger partial charge on any atom is 0.236 e. The predicted molar refractivity (Wildman–Crippen MR) is 157 cm³/mol. The van der Waals surface area contributed by atoms with Crippen LogP contribution in [0.4, 0.5) is 0 Å². The summed E-state index contributed by atoms with van der Waals surface area (Å²) in [4.78, 5) is 27.7. The quantitative estimate of drug-likeness (QED) is 0.316. The Balaban J connectivity index is 1.56. The number of nitrogens with zero attached hydrogens (tertiary/aromatic N) is 5. The van der Waals surface area contributed by atoms with E-state index >= 15 is 0 Å². The van der Waals surface area contributed by atoms with Crippen LogP contribution in [0.5, 0.6) is 0 Å². The van der Waals surface area contributed by atoms with Crippen molar-refractivity contribution in [2.24, 2.45) is 5.92 Å². The summed E-state index contributed by atoms with van der Waals surface area (Å²) in [5, 5.41) is 5.84. The molecule has 0 aliphatic carbocycles. The first-order chi connectivity index (χ1) is 18.0. The van der Waals surface area contributed by atoms with Gasteiger partial charge in [-0.15, -0.1) is 11.3 Å². The number of amides is 1. The van der Waals surface area contributed by atoms with Crippen molar-refractivity contribution in [1.29, 1.82) is 0 Å². The van der Waals surface area contributed by atoms with E-state index in [2.05, 4.69) is 74.6 Å². The van der Waals surface area contributed by atoms with E-state index in [1.54, 1.807) is 11.2 Å². The number of likely N-dealkylation sites (N-methyl/N-ethyl adjacent to an activating group) is 1. The van der Waals surface area contributed by atoms with Crippen molar-refractivity contribution in [3.05, 3.63) is 39.7 Å². The van der Waals surface area contributed by atoms with Gasteiger partial charge in [0.2, 0.25) is 5.91 Å². The molecular weight excluding hydrogens is 492 g/mol. The van der Waals surface area contributed by atoms with Crippen molar-refractivity contribution >= 4 is 33.1 Å². The van der Waals surface area contributed by atoms with Gasteiger partial charge in [-0.1, -0.05) is 27.2 Å². The third-order valence-electron chi connectivity index (χ3n) is 8.89. The molecule has 0 unspecified atom stereocenters. The molecule has 0 bridgehead atoms. The van der Waals surface area contributed by atoms with Crippen LogP contribution < -0.4 is 0 Å². The minimum atomic E-state index is 0.189. The van der Waals surface area contributed by atoms with Crippen LogP contribution in [0.15, 0.2) is 12.5 Å². The Morgan fingerprint density at radius 2 is 1.95 bits per heavy atom. The molecular formula is C30H42N6OS. The molecule has 0 aromatic carbocycles. The van der Waals surface area contributed by atoms with Crippen LogP contribution in [0.1, 0.15) is 79.5 Å². The van der Waals surface area contributed by atoms with E-state index in [1.807, 2.05) is 29.9 Å². The van der Waals surface area contributed by atoms with Crippen molar-refractivity contribution in [3.8, 4) is 11.3 Å². The minimum absolute atomic E-state index is 0.189. The summed E-state index contributed by atoms with van der Waals surface area (Å²) in [6.45, 7) is 17.3. The Morgan fingerprint density at radius 1 is 1.21 bits per heavy atom. The summed E-state index contributed by atoms with van der Waals surface area (Å²) in [6, 6.07) is 0.381. The first-order valence-corrected chi connectivity index (χ1v) is 14.7. The summed E-state index contributed by atoms with van der Waals surface area (Å²) in [5.41, 5.74) is 8.59. The number of nitrogens with one attached hydrogen (secondary N) is 1. The van der Waals surface area contributed by atoms with Crippen LogP contribution in [-0.4, -0.2) is 68.5 Å². The number of carbonyl (C=O) groups is 1. The van der Waals surface area contributed by atoms with Crippen LogP contribution in [0.25, 0.3) is 27.1 Å². The number of hydrogen-bond acceptors (Lipinski definition) is 5. The molecule has 0 radical (unpaired) electrons. The number of aromatic amines is 1. The average molecular weight is 535 g/mol. The Hall–Kier alpha value is -2.71. The average Bonchev–Trinajstić information content (AvgIpc) is 3.57. The molecule has 5 rings (SSSR count). The van der Waals surface area contributed by atoms with E-state index in [9.17, 15) is 4.79 Å². The van der Waals surface area contributed by atoms with E-state index in [1.165, 1.54) is 48.6 Å². The number of piperidine rings is 1.